The van der Waals surface area contributed by atoms with Gasteiger partial charge in [-0.25, -0.2) is 0 Å². The average Bonchev–Trinajstić information content (AvgIpc) is 3.11. The van der Waals surface area contributed by atoms with Crippen molar-refractivity contribution in [1.82, 2.24) is 10.2 Å². The van der Waals surface area contributed by atoms with Gasteiger partial charge in [0.05, 0.1) is 52.0 Å². The number of carbonyl (C=O) groups excluding carboxylic acids is 6. The van der Waals surface area contributed by atoms with Gasteiger partial charge in [0, 0.05) is 18.6 Å². The van der Waals surface area contributed by atoms with E-state index in [4.69, 9.17) is 20.3 Å². The predicted octanol–water partition coefficient (Wildman–Crippen LogP) is -1.75. The molecule has 4 N–H and O–H groups in total. The maximum absolute atomic E-state index is 13.0. The van der Waals surface area contributed by atoms with Crippen LogP contribution in [0.4, 0.5) is 0 Å². The molecular weight excluding hydrogens is 542 g/mol. The highest BCUT2D eigenvalue weighted by Gasteiger charge is 2.48. The van der Waals surface area contributed by atoms with Gasteiger partial charge in [0.15, 0.2) is 5.78 Å². The van der Waals surface area contributed by atoms with Crippen LogP contribution in [0.3, 0.4) is 0 Å². The zero-order chi connectivity index (χ0) is 29.3. The zero-order valence-electron chi connectivity index (χ0n) is 21.7. The van der Waals surface area contributed by atoms with Gasteiger partial charge in [-0.1, -0.05) is 0 Å². The molecule has 0 aromatic carbocycles. The first-order chi connectivity index (χ1) is 18.6. The first kappa shape index (κ1) is 33.9. The lowest BCUT2D eigenvalue weighted by Crippen LogP contribution is -2.45. The smallest absolute Gasteiger partial charge is 0.320 e. The van der Waals surface area contributed by atoms with Crippen LogP contribution in [0.5, 0.6) is 0 Å². The number of likely N-dealkylation sites (tertiary alicyclic amines) is 1. The molecule has 0 aromatic rings. The summed E-state index contributed by atoms with van der Waals surface area (Å²) >= 11 is 1.03. The Labute approximate surface area is 229 Å². The summed E-state index contributed by atoms with van der Waals surface area (Å²) in [7, 11) is 0. The Hall–Kier alpha value is -3.08. The number of thioether (sulfide) groups is 1. The fourth-order valence-corrected chi connectivity index (χ4v) is 4.63. The largest absolute Gasteiger partial charge is 0.480 e. The standard InChI is InChI=1S/C23H35N3O12S/c1-23(12-20(31)26(22(23)34)5-7-35-8-9-36-10-11-38-15-28)39-13-17(18(29)4-6-37-14-27)25-19(30)3-2-16(24)21(32)33/h14-17H,2-13,24H2,1H3,(H,25,30)(H,32,33). The van der Waals surface area contributed by atoms with Gasteiger partial charge in [-0.15, -0.1) is 11.8 Å². The van der Waals surface area contributed by atoms with Crippen LogP contribution in [0.2, 0.25) is 0 Å². The van der Waals surface area contributed by atoms with Gasteiger partial charge in [-0.3, -0.25) is 38.5 Å². The van der Waals surface area contributed by atoms with Gasteiger partial charge in [-0.2, -0.15) is 0 Å². The molecule has 0 saturated carbocycles. The van der Waals surface area contributed by atoms with Crippen molar-refractivity contribution in [3.8, 4) is 0 Å². The molecule has 16 heteroatoms. The summed E-state index contributed by atoms with van der Waals surface area (Å²) in [5, 5.41) is 11.4. The Morgan fingerprint density at radius 1 is 1.05 bits per heavy atom. The molecule has 15 nitrogen and oxygen atoms in total. The lowest BCUT2D eigenvalue weighted by Gasteiger charge is -2.25. The van der Waals surface area contributed by atoms with Crippen molar-refractivity contribution < 1.29 is 57.6 Å². The Bertz CT molecular complexity index is 873. The summed E-state index contributed by atoms with van der Waals surface area (Å²) in [6, 6.07) is -2.32. The Morgan fingerprint density at radius 3 is 2.31 bits per heavy atom. The maximum atomic E-state index is 13.0. The van der Waals surface area contributed by atoms with Crippen LogP contribution in [0, 0.1) is 0 Å². The van der Waals surface area contributed by atoms with E-state index in [0.717, 1.165) is 16.7 Å². The molecule has 3 unspecified atom stereocenters. The summed E-state index contributed by atoms with van der Waals surface area (Å²) in [6.45, 7) is 2.74. The molecule has 1 saturated heterocycles. The number of carbonyl (C=O) groups is 7. The Morgan fingerprint density at radius 2 is 1.67 bits per heavy atom. The molecule has 1 fully saturated rings. The third-order valence-electron chi connectivity index (χ3n) is 5.56. The van der Waals surface area contributed by atoms with Gasteiger partial charge >= 0.3 is 5.97 Å². The number of Topliss-reactive ketones (excluding diaryl/α,β-unsaturated/α-hetero) is 1. The maximum Gasteiger partial charge on any atom is 0.320 e. The normalized spacial score (nSPS) is 18.4. The number of imide groups is 1. The number of aliphatic carboxylic acids is 1. The minimum Gasteiger partial charge on any atom is -0.480 e. The highest BCUT2D eigenvalue weighted by atomic mass is 32.2. The second-order valence-corrected chi connectivity index (χ2v) is 10.1. The topological polar surface area (TPSA) is 218 Å². The third kappa shape index (κ3) is 12.5. The van der Waals surface area contributed by atoms with Gasteiger partial charge < -0.3 is 35.1 Å². The molecule has 0 bridgehead atoms. The van der Waals surface area contributed by atoms with Crippen LogP contribution in [-0.2, 0) is 52.5 Å². The lowest BCUT2D eigenvalue weighted by molar-refractivity contribution is -0.140. The number of hydrogen-bond donors (Lipinski definition) is 3. The quantitative estimate of drug-likeness (QED) is 0.0697. The SMILES string of the molecule is CC1(SCC(NC(=O)CCC(N)C(=O)O)C(=O)CCOC=O)CC(=O)N(CCOCCOCCOC=O)C1=O. The van der Waals surface area contributed by atoms with E-state index in [1.807, 2.05) is 0 Å². The Balaban J connectivity index is 2.63. The van der Waals surface area contributed by atoms with Gasteiger partial charge in [0.2, 0.25) is 17.7 Å². The van der Waals surface area contributed by atoms with Crippen molar-refractivity contribution in [2.24, 2.45) is 5.73 Å². The first-order valence-corrected chi connectivity index (χ1v) is 13.1. The van der Waals surface area contributed by atoms with E-state index >= 15 is 0 Å². The number of carboxylic acid groups (broad SMARTS) is 1. The molecular formula is C23H35N3O12S. The van der Waals surface area contributed by atoms with Crippen LogP contribution in [-0.4, -0.2) is 121 Å². The van der Waals surface area contributed by atoms with E-state index in [1.54, 1.807) is 6.92 Å². The summed E-state index contributed by atoms with van der Waals surface area (Å²) in [4.78, 5) is 82.9. The second-order valence-electron chi connectivity index (χ2n) is 8.55. The number of rotatable bonds is 23. The van der Waals surface area contributed by atoms with E-state index in [0.29, 0.717) is 6.47 Å². The first-order valence-electron chi connectivity index (χ1n) is 12.1. The van der Waals surface area contributed by atoms with Gasteiger partial charge in [0.1, 0.15) is 17.4 Å². The number of nitrogens with one attached hydrogen (secondary N) is 1. The third-order valence-corrected chi connectivity index (χ3v) is 7.01. The van der Waals surface area contributed by atoms with Crippen LogP contribution in [0.15, 0.2) is 0 Å². The lowest BCUT2D eigenvalue weighted by atomic mass is 10.1. The minimum atomic E-state index is -1.26. The van der Waals surface area contributed by atoms with Crippen molar-refractivity contribution in [2.45, 2.75) is 49.4 Å². The predicted molar refractivity (Wildman–Crippen MR) is 134 cm³/mol. The number of hydrogen-bond acceptors (Lipinski definition) is 13. The van der Waals surface area contributed by atoms with E-state index in [1.165, 1.54) is 0 Å². The van der Waals surface area contributed by atoms with Crippen LogP contribution in [0.25, 0.3) is 0 Å². The van der Waals surface area contributed by atoms with Gasteiger partial charge in [0.25, 0.3) is 12.9 Å². The molecule has 1 rings (SSSR count). The Kier molecular flexibility index (Phi) is 15.9. The monoisotopic (exact) mass is 577 g/mol. The van der Waals surface area contributed by atoms with E-state index in [2.05, 4.69) is 14.8 Å². The number of ketones is 1. The van der Waals surface area contributed by atoms with Crippen molar-refractivity contribution in [3.63, 3.8) is 0 Å². The molecule has 3 amide bonds. The summed E-state index contributed by atoms with van der Waals surface area (Å²) < 4.78 is 18.4. The molecule has 0 radical (unpaired) electrons. The van der Waals surface area contributed by atoms with Crippen molar-refractivity contribution in [3.05, 3.63) is 0 Å². The second kappa shape index (κ2) is 18.3. The van der Waals surface area contributed by atoms with E-state index in [9.17, 15) is 33.6 Å². The number of nitrogens with two attached hydrogens (primary N) is 1. The fourth-order valence-electron chi connectivity index (χ4n) is 3.37. The van der Waals surface area contributed by atoms with Crippen molar-refractivity contribution in [2.75, 3.05) is 51.9 Å². The van der Waals surface area contributed by atoms with Crippen LogP contribution in [0.1, 0.15) is 32.6 Å². The van der Waals surface area contributed by atoms with Crippen molar-refractivity contribution >= 4 is 54.2 Å². The summed E-state index contributed by atoms with van der Waals surface area (Å²) in [5.74, 6) is -3.27. The number of carboxylic acids is 1. The molecule has 39 heavy (non-hydrogen) atoms. The molecule has 3 atom stereocenters. The highest BCUT2D eigenvalue weighted by Crippen LogP contribution is 2.37. The minimum absolute atomic E-state index is 0.0219. The number of nitrogens with zero attached hydrogens (tertiary/aromatic N) is 1. The molecule has 1 heterocycles. The van der Waals surface area contributed by atoms with E-state index in [-0.39, 0.29) is 84.1 Å². The summed E-state index contributed by atoms with van der Waals surface area (Å²) in [6.07, 6.45) is -0.703. The molecule has 0 aliphatic carbocycles. The molecule has 1 aliphatic heterocycles. The highest BCUT2D eigenvalue weighted by molar-refractivity contribution is 8.01. The van der Waals surface area contributed by atoms with Crippen LogP contribution < -0.4 is 11.1 Å². The van der Waals surface area contributed by atoms with Crippen LogP contribution >= 0.6 is 11.8 Å². The molecule has 0 aromatic heterocycles. The molecule has 1 aliphatic rings. The molecule has 0 spiro atoms. The number of amides is 3. The average molecular weight is 578 g/mol. The number of ether oxygens (including phenoxy) is 4. The van der Waals surface area contributed by atoms with Crippen molar-refractivity contribution in [1.29, 1.82) is 0 Å². The molecule has 220 valence electrons. The fraction of sp³-hybridized carbons (Fsp3) is 0.696. The zero-order valence-corrected chi connectivity index (χ0v) is 22.5. The summed E-state index contributed by atoms with van der Waals surface area (Å²) in [5.41, 5.74) is 5.41. The van der Waals surface area contributed by atoms with E-state index < -0.39 is 46.3 Å². The van der Waals surface area contributed by atoms with Gasteiger partial charge in [-0.05, 0) is 13.3 Å².